The summed E-state index contributed by atoms with van der Waals surface area (Å²) in [7, 11) is 1.77. The maximum absolute atomic E-state index is 13.1. The van der Waals surface area contributed by atoms with Gasteiger partial charge >= 0.3 is 0 Å². The minimum absolute atomic E-state index is 0.00781. The Labute approximate surface area is 194 Å². The van der Waals surface area contributed by atoms with Crippen molar-refractivity contribution in [2.24, 2.45) is 7.05 Å². The van der Waals surface area contributed by atoms with Crippen LogP contribution in [0.5, 0.6) is 11.5 Å². The summed E-state index contributed by atoms with van der Waals surface area (Å²) < 4.78 is 7.20. The van der Waals surface area contributed by atoms with Crippen molar-refractivity contribution < 1.29 is 14.6 Å². The largest absolute Gasteiger partial charge is 0.504 e. The maximum Gasteiger partial charge on any atom is 0.279 e. The molecule has 9 heteroatoms. The first-order valence-electron chi connectivity index (χ1n) is 10.1. The first-order valence-corrected chi connectivity index (χ1v) is 11.5. The van der Waals surface area contributed by atoms with E-state index in [1.807, 2.05) is 31.2 Å². The van der Waals surface area contributed by atoms with Gasteiger partial charge in [0.05, 0.1) is 12.2 Å². The number of benzene rings is 2. The number of phenolic OH excluding ortho intramolecular Hbond substituents is 1. The minimum Gasteiger partial charge on any atom is -0.504 e. The van der Waals surface area contributed by atoms with Crippen LogP contribution in [0, 0.1) is 0 Å². The predicted molar refractivity (Wildman–Crippen MR) is 125 cm³/mol. The summed E-state index contributed by atoms with van der Waals surface area (Å²) in [4.78, 5) is 29.9. The van der Waals surface area contributed by atoms with Crippen LogP contribution in [0.1, 0.15) is 36.0 Å². The molecule has 0 fully saturated rings. The van der Waals surface area contributed by atoms with Crippen LogP contribution < -0.4 is 15.6 Å². The fourth-order valence-corrected chi connectivity index (χ4v) is 4.98. The third-order valence-corrected chi connectivity index (χ3v) is 6.75. The molecule has 0 radical (unpaired) electrons. The number of carbonyl (C=O) groups excluding carboxylic acids is 1. The monoisotopic (exact) mass is 471 g/mol. The number of hydrogen-bond donors (Lipinski definition) is 2. The summed E-state index contributed by atoms with van der Waals surface area (Å²) in [5, 5.41) is 14.0. The number of amides is 1. The van der Waals surface area contributed by atoms with Gasteiger partial charge in [-0.05, 0) is 36.2 Å². The van der Waals surface area contributed by atoms with Gasteiger partial charge in [0.1, 0.15) is 5.82 Å². The number of thioether (sulfide) groups is 1. The Morgan fingerprint density at radius 2 is 2.06 bits per heavy atom. The molecule has 1 aliphatic heterocycles. The van der Waals surface area contributed by atoms with E-state index < -0.39 is 11.5 Å². The van der Waals surface area contributed by atoms with E-state index >= 15 is 0 Å². The van der Waals surface area contributed by atoms with E-state index in [0.29, 0.717) is 45.2 Å². The average molecular weight is 472 g/mol. The number of phenols is 1. The van der Waals surface area contributed by atoms with Crippen LogP contribution in [0.4, 0.5) is 5.82 Å². The van der Waals surface area contributed by atoms with E-state index in [4.69, 9.17) is 16.3 Å². The highest BCUT2D eigenvalue weighted by atomic mass is 35.5. The van der Waals surface area contributed by atoms with Crippen molar-refractivity contribution in [3.8, 4) is 11.5 Å². The molecule has 4 rings (SSSR count). The summed E-state index contributed by atoms with van der Waals surface area (Å²) in [6, 6.07) is 12.4. The fourth-order valence-electron chi connectivity index (χ4n) is 3.73. The lowest BCUT2D eigenvalue weighted by Gasteiger charge is -2.27. The number of hydrogen-bond acceptors (Lipinski definition) is 6. The second kappa shape index (κ2) is 9.26. The molecule has 1 aliphatic rings. The zero-order valence-corrected chi connectivity index (χ0v) is 19.2. The topological polar surface area (TPSA) is 93.5 Å². The highest BCUT2D eigenvalue weighted by Crippen LogP contribution is 2.39. The number of halogens is 1. The van der Waals surface area contributed by atoms with E-state index in [1.54, 1.807) is 23.7 Å². The van der Waals surface area contributed by atoms with Gasteiger partial charge in [0.25, 0.3) is 5.56 Å². The molecule has 166 valence electrons. The minimum atomic E-state index is -0.493. The summed E-state index contributed by atoms with van der Waals surface area (Å²) >= 11 is 7.62. The first-order chi connectivity index (χ1) is 15.4. The number of anilines is 1. The van der Waals surface area contributed by atoms with Gasteiger partial charge in [-0.3, -0.25) is 9.59 Å². The van der Waals surface area contributed by atoms with Crippen LogP contribution in [0.15, 0.2) is 52.4 Å². The van der Waals surface area contributed by atoms with Gasteiger partial charge in [0, 0.05) is 30.2 Å². The Bertz CT molecular complexity index is 1240. The molecule has 32 heavy (non-hydrogen) atoms. The van der Waals surface area contributed by atoms with Crippen molar-refractivity contribution in [1.82, 2.24) is 9.55 Å². The SMILES string of the molecule is CCOc1cc([C@H]2CC(=O)Nc3c2c(=O)nc(SCc2ccccc2Cl)n3C)ccc1O. The first kappa shape index (κ1) is 22.2. The summed E-state index contributed by atoms with van der Waals surface area (Å²) in [6.07, 6.45) is 0.104. The van der Waals surface area contributed by atoms with Gasteiger partial charge in [-0.15, -0.1) is 0 Å². The number of fused-ring (bicyclic) bond motifs is 1. The van der Waals surface area contributed by atoms with Crippen molar-refractivity contribution in [2.75, 3.05) is 11.9 Å². The second-order valence-electron chi connectivity index (χ2n) is 7.37. The Balaban J connectivity index is 1.72. The van der Waals surface area contributed by atoms with Crippen LogP contribution in [-0.2, 0) is 17.6 Å². The second-order valence-corrected chi connectivity index (χ2v) is 8.72. The summed E-state index contributed by atoms with van der Waals surface area (Å²) in [6.45, 7) is 2.20. The number of rotatable bonds is 6. The molecule has 1 atom stereocenters. The molecule has 0 unspecified atom stereocenters. The van der Waals surface area contributed by atoms with E-state index in [1.165, 1.54) is 17.8 Å². The predicted octanol–water partition coefficient (Wildman–Crippen LogP) is 4.30. The number of nitrogens with one attached hydrogen (secondary N) is 1. The molecular formula is C23H22ClN3O4S. The van der Waals surface area contributed by atoms with Gasteiger partial charge < -0.3 is 19.7 Å². The van der Waals surface area contributed by atoms with Crippen molar-refractivity contribution in [2.45, 2.75) is 30.2 Å². The smallest absolute Gasteiger partial charge is 0.279 e. The number of ether oxygens (including phenoxy) is 1. The Hall–Kier alpha value is -2.97. The van der Waals surface area contributed by atoms with Gasteiger partial charge in [-0.1, -0.05) is 47.6 Å². The lowest BCUT2D eigenvalue weighted by molar-refractivity contribution is -0.116. The lowest BCUT2D eigenvalue weighted by atomic mass is 9.86. The van der Waals surface area contributed by atoms with Crippen LogP contribution in [0.3, 0.4) is 0 Å². The zero-order valence-electron chi connectivity index (χ0n) is 17.6. The molecule has 1 amide bonds. The molecule has 0 bridgehead atoms. The van der Waals surface area contributed by atoms with E-state index in [0.717, 1.165) is 5.56 Å². The van der Waals surface area contributed by atoms with E-state index in [2.05, 4.69) is 10.3 Å². The zero-order chi connectivity index (χ0) is 22.8. The Kier molecular flexibility index (Phi) is 6.43. The molecule has 0 spiro atoms. The Morgan fingerprint density at radius 1 is 1.28 bits per heavy atom. The molecule has 0 aliphatic carbocycles. The molecule has 7 nitrogen and oxygen atoms in total. The van der Waals surface area contributed by atoms with E-state index in [-0.39, 0.29) is 18.1 Å². The molecular weight excluding hydrogens is 450 g/mol. The molecule has 0 saturated carbocycles. The standard InChI is InChI=1S/C23H22ClN3O4S/c1-3-31-18-10-13(8-9-17(18)28)15-11-19(29)25-21-20(15)22(30)26-23(27(21)2)32-12-14-6-4-5-7-16(14)24/h4-10,15,28H,3,11-12H2,1-2H3,(H,25,29)/t15-/m1/s1. The molecule has 1 aromatic heterocycles. The lowest BCUT2D eigenvalue weighted by Crippen LogP contribution is -2.33. The maximum atomic E-state index is 13.1. The normalized spacial score (nSPS) is 15.2. The third kappa shape index (κ3) is 4.33. The Morgan fingerprint density at radius 3 is 2.81 bits per heavy atom. The van der Waals surface area contributed by atoms with Crippen LogP contribution in [0.2, 0.25) is 5.02 Å². The van der Waals surface area contributed by atoms with E-state index in [9.17, 15) is 14.7 Å². The quantitative estimate of drug-likeness (QED) is 0.411. The molecule has 2 aromatic carbocycles. The molecule has 2 heterocycles. The van der Waals surface area contributed by atoms with Crippen molar-refractivity contribution in [3.05, 3.63) is 74.5 Å². The highest BCUT2D eigenvalue weighted by Gasteiger charge is 2.32. The van der Waals surface area contributed by atoms with Gasteiger partial charge in [-0.2, -0.15) is 4.98 Å². The van der Waals surface area contributed by atoms with Crippen molar-refractivity contribution >= 4 is 35.1 Å². The van der Waals surface area contributed by atoms with Crippen molar-refractivity contribution in [3.63, 3.8) is 0 Å². The molecule has 2 N–H and O–H groups in total. The fraction of sp³-hybridized carbons (Fsp3) is 0.261. The van der Waals surface area contributed by atoms with Crippen LogP contribution in [-0.4, -0.2) is 27.2 Å². The van der Waals surface area contributed by atoms with Gasteiger partial charge in [0.15, 0.2) is 16.7 Å². The number of aromatic nitrogens is 2. The number of aromatic hydroxyl groups is 1. The average Bonchev–Trinajstić information content (AvgIpc) is 2.77. The molecule has 0 saturated heterocycles. The number of nitrogens with zero attached hydrogens (tertiary/aromatic N) is 2. The number of carbonyl (C=O) groups is 1. The van der Waals surface area contributed by atoms with Gasteiger partial charge in [-0.25, -0.2) is 0 Å². The van der Waals surface area contributed by atoms with Crippen LogP contribution in [0.25, 0.3) is 0 Å². The van der Waals surface area contributed by atoms with Gasteiger partial charge in [0.2, 0.25) is 5.91 Å². The summed E-state index contributed by atoms with van der Waals surface area (Å²) in [5.41, 5.74) is 1.66. The molecule has 3 aromatic rings. The van der Waals surface area contributed by atoms with Crippen molar-refractivity contribution in [1.29, 1.82) is 0 Å². The van der Waals surface area contributed by atoms with Crippen LogP contribution >= 0.6 is 23.4 Å². The third-order valence-electron chi connectivity index (χ3n) is 5.30. The highest BCUT2D eigenvalue weighted by molar-refractivity contribution is 7.98. The summed E-state index contributed by atoms with van der Waals surface area (Å²) in [5.74, 6) is 0.594.